The molecule has 1 N–H and O–H groups in total. The summed E-state index contributed by atoms with van der Waals surface area (Å²) in [5.41, 5.74) is 0.618. The van der Waals surface area contributed by atoms with Crippen LogP contribution < -0.4 is 10.2 Å². The van der Waals surface area contributed by atoms with E-state index in [0.717, 1.165) is 50.6 Å². The highest BCUT2D eigenvalue weighted by Gasteiger charge is 2.20. The second kappa shape index (κ2) is 11.1. The maximum atomic E-state index is 13.3. The number of anilines is 1. The van der Waals surface area contributed by atoms with Crippen LogP contribution in [0.4, 0.5) is 14.6 Å². The number of aromatic nitrogens is 1. The van der Waals surface area contributed by atoms with Crippen molar-refractivity contribution in [1.29, 1.82) is 0 Å². The van der Waals surface area contributed by atoms with Crippen molar-refractivity contribution in [2.45, 2.75) is 13.3 Å². The Morgan fingerprint density at radius 1 is 1.11 bits per heavy atom. The van der Waals surface area contributed by atoms with Crippen LogP contribution in [-0.4, -0.2) is 55.1 Å². The quantitative estimate of drug-likeness (QED) is 0.388. The highest BCUT2D eigenvalue weighted by Crippen LogP contribution is 2.13. The van der Waals surface area contributed by atoms with Gasteiger partial charge in [-0.25, -0.2) is 13.8 Å². The normalized spacial score (nSPS) is 14.6. The van der Waals surface area contributed by atoms with Crippen LogP contribution in [0.2, 0.25) is 0 Å². The summed E-state index contributed by atoms with van der Waals surface area (Å²) in [4.78, 5) is 13.5. The standard InChI is InChI=1S/C20H25F2N5.HI/c1-2-23-20(25-8-6-16-13-17(21)15-18(22)14-16)27-11-9-26(10-12-27)19-5-3-4-7-24-19;/h3-5,7,13-15H,2,6,8-12H2,1H3,(H,23,25);1H. The second-order valence-electron chi connectivity index (χ2n) is 6.43. The monoisotopic (exact) mass is 501 g/mol. The van der Waals surface area contributed by atoms with Crippen LogP contribution in [0, 0.1) is 11.6 Å². The highest BCUT2D eigenvalue weighted by atomic mass is 127. The molecule has 8 heteroatoms. The molecule has 152 valence electrons. The van der Waals surface area contributed by atoms with Crippen molar-refractivity contribution in [3.8, 4) is 0 Å². The van der Waals surface area contributed by atoms with Gasteiger partial charge in [-0.3, -0.25) is 4.99 Å². The van der Waals surface area contributed by atoms with Gasteiger partial charge in [0.25, 0.3) is 0 Å². The van der Waals surface area contributed by atoms with E-state index < -0.39 is 11.6 Å². The summed E-state index contributed by atoms with van der Waals surface area (Å²) in [6.07, 6.45) is 2.31. The lowest BCUT2D eigenvalue weighted by atomic mass is 10.1. The maximum absolute atomic E-state index is 13.3. The molecule has 0 atom stereocenters. The van der Waals surface area contributed by atoms with Crippen molar-refractivity contribution < 1.29 is 8.78 Å². The van der Waals surface area contributed by atoms with Gasteiger partial charge >= 0.3 is 0 Å². The fourth-order valence-corrected chi connectivity index (χ4v) is 3.16. The van der Waals surface area contributed by atoms with Gasteiger partial charge in [0, 0.05) is 51.5 Å². The first kappa shape index (κ1) is 22.3. The Morgan fingerprint density at radius 3 is 2.43 bits per heavy atom. The maximum Gasteiger partial charge on any atom is 0.194 e. The Hall–Kier alpha value is -1.97. The Labute approximate surface area is 181 Å². The van der Waals surface area contributed by atoms with Crippen LogP contribution in [0.5, 0.6) is 0 Å². The third kappa shape index (κ3) is 6.29. The molecular weight excluding hydrogens is 475 g/mol. The summed E-state index contributed by atoms with van der Waals surface area (Å²) in [5.74, 6) is 0.736. The van der Waals surface area contributed by atoms with Gasteiger partial charge in [-0.05, 0) is 43.2 Å². The zero-order chi connectivity index (χ0) is 19.1. The molecule has 0 spiro atoms. The van der Waals surface area contributed by atoms with Crippen LogP contribution in [0.1, 0.15) is 12.5 Å². The van der Waals surface area contributed by atoms with Gasteiger partial charge in [-0.15, -0.1) is 24.0 Å². The first-order chi connectivity index (χ1) is 13.2. The molecule has 5 nitrogen and oxygen atoms in total. The van der Waals surface area contributed by atoms with Gasteiger partial charge in [0.15, 0.2) is 5.96 Å². The Kier molecular flexibility index (Phi) is 8.88. The van der Waals surface area contributed by atoms with E-state index >= 15 is 0 Å². The molecule has 28 heavy (non-hydrogen) atoms. The average Bonchev–Trinajstić information content (AvgIpc) is 2.67. The lowest BCUT2D eigenvalue weighted by molar-refractivity contribution is 0.371. The van der Waals surface area contributed by atoms with Crippen LogP contribution in [0.15, 0.2) is 47.6 Å². The summed E-state index contributed by atoms with van der Waals surface area (Å²) in [6.45, 7) is 6.71. The molecule has 1 aromatic heterocycles. The van der Waals surface area contributed by atoms with E-state index in [1.165, 1.54) is 12.1 Å². The number of aliphatic imine (C=N–C) groups is 1. The van der Waals surface area contributed by atoms with Gasteiger partial charge in [-0.2, -0.15) is 0 Å². The van der Waals surface area contributed by atoms with E-state index in [1.807, 2.05) is 31.3 Å². The van der Waals surface area contributed by atoms with Crippen LogP contribution in [-0.2, 0) is 6.42 Å². The SMILES string of the molecule is CCNC(=NCCc1cc(F)cc(F)c1)N1CCN(c2ccccn2)CC1.I. The van der Waals surface area contributed by atoms with Gasteiger partial charge in [0.1, 0.15) is 17.5 Å². The van der Waals surface area contributed by atoms with Gasteiger partial charge in [-0.1, -0.05) is 6.07 Å². The highest BCUT2D eigenvalue weighted by molar-refractivity contribution is 14.0. The van der Waals surface area contributed by atoms with Crippen molar-refractivity contribution in [3.05, 3.63) is 59.8 Å². The van der Waals surface area contributed by atoms with E-state index in [1.54, 1.807) is 0 Å². The number of benzene rings is 1. The van der Waals surface area contributed by atoms with Crippen LogP contribution >= 0.6 is 24.0 Å². The molecule has 1 fully saturated rings. The predicted octanol–water partition coefficient (Wildman–Crippen LogP) is 3.31. The molecule has 1 aliphatic heterocycles. The zero-order valence-electron chi connectivity index (χ0n) is 15.9. The molecule has 1 aromatic carbocycles. The summed E-state index contributed by atoms with van der Waals surface area (Å²) in [7, 11) is 0. The van der Waals surface area contributed by atoms with E-state index in [9.17, 15) is 8.78 Å². The van der Waals surface area contributed by atoms with E-state index in [2.05, 4.69) is 25.1 Å². The molecular formula is C20H26F2IN5. The van der Waals surface area contributed by atoms with Crippen LogP contribution in [0.25, 0.3) is 0 Å². The number of rotatable bonds is 5. The fraction of sp³-hybridized carbons (Fsp3) is 0.400. The van der Waals surface area contributed by atoms with Gasteiger partial charge < -0.3 is 15.1 Å². The zero-order valence-corrected chi connectivity index (χ0v) is 18.3. The Morgan fingerprint density at radius 2 is 1.82 bits per heavy atom. The van der Waals surface area contributed by atoms with Gasteiger partial charge in [0.2, 0.25) is 0 Å². The van der Waals surface area contributed by atoms with Crippen molar-refractivity contribution in [2.75, 3.05) is 44.2 Å². The molecule has 0 aliphatic carbocycles. The molecule has 1 saturated heterocycles. The molecule has 2 heterocycles. The summed E-state index contributed by atoms with van der Waals surface area (Å²) >= 11 is 0. The number of nitrogens with zero attached hydrogens (tertiary/aromatic N) is 4. The second-order valence-corrected chi connectivity index (χ2v) is 6.43. The lowest BCUT2D eigenvalue weighted by Gasteiger charge is -2.37. The fourth-order valence-electron chi connectivity index (χ4n) is 3.16. The molecule has 0 unspecified atom stereocenters. The third-order valence-corrected chi connectivity index (χ3v) is 4.47. The smallest absolute Gasteiger partial charge is 0.194 e. The lowest BCUT2D eigenvalue weighted by Crippen LogP contribution is -2.52. The number of piperazine rings is 1. The third-order valence-electron chi connectivity index (χ3n) is 4.47. The molecule has 0 radical (unpaired) electrons. The molecule has 1 aliphatic rings. The number of nitrogens with one attached hydrogen (secondary N) is 1. The number of hydrogen-bond donors (Lipinski definition) is 1. The predicted molar refractivity (Wildman–Crippen MR) is 119 cm³/mol. The molecule has 0 amide bonds. The first-order valence-corrected chi connectivity index (χ1v) is 9.30. The van der Waals surface area contributed by atoms with Crippen molar-refractivity contribution >= 4 is 35.8 Å². The molecule has 0 saturated carbocycles. The number of guanidine groups is 1. The Balaban J connectivity index is 0.00000280. The number of halogens is 3. The molecule has 2 aromatic rings. The van der Waals surface area contributed by atoms with Gasteiger partial charge in [0.05, 0.1) is 0 Å². The minimum Gasteiger partial charge on any atom is -0.357 e. The Bertz CT molecular complexity index is 744. The minimum absolute atomic E-state index is 0. The van der Waals surface area contributed by atoms with E-state index in [0.29, 0.717) is 18.5 Å². The van der Waals surface area contributed by atoms with Crippen molar-refractivity contribution in [1.82, 2.24) is 15.2 Å². The molecule has 0 bridgehead atoms. The largest absolute Gasteiger partial charge is 0.357 e. The molecule has 3 rings (SSSR count). The number of pyridine rings is 1. The van der Waals surface area contributed by atoms with E-state index in [-0.39, 0.29) is 24.0 Å². The van der Waals surface area contributed by atoms with Crippen molar-refractivity contribution in [3.63, 3.8) is 0 Å². The average molecular weight is 501 g/mol. The van der Waals surface area contributed by atoms with Crippen LogP contribution in [0.3, 0.4) is 0 Å². The first-order valence-electron chi connectivity index (χ1n) is 9.30. The van der Waals surface area contributed by atoms with E-state index in [4.69, 9.17) is 0 Å². The minimum atomic E-state index is -0.550. The summed E-state index contributed by atoms with van der Waals surface area (Å²) in [5, 5.41) is 3.31. The summed E-state index contributed by atoms with van der Waals surface area (Å²) in [6, 6.07) is 9.54. The topological polar surface area (TPSA) is 43.8 Å². The van der Waals surface area contributed by atoms with Crippen molar-refractivity contribution in [2.24, 2.45) is 4.99 Å². The summed E-state index contributed by atoms with van der Waals surface area (Å²) < 4.78 is 26.6. The number of hydrogen-bond acceptors (Lipinski definition) is 3.